The van der Waals surface area contributed by atoms with E-state index in [9.17, 15) is 9.59 Å². The van der Waals surface area contributed by atoms with Crippen LogP contribution in [0.5, 0.6) is 0 Å². The van der Waals surface area contributed by atoms with Gasteiger partial charge < -0.3 is 14.7 Å². The number of amides is 1. The molecule has 96 valence electrons. The van der Waals surface area contributed by atoms with E-state index in [-0.39, 0.29) is 11.9 Å². The molecule has 17 heavy (non-hydrogen) atoms. The molecule has 2 rings (SSSR count). The molecule has 0 radical (unpaired) electrons. The van der Waals surface area contributed by atoms with Crippen molar-refractivity contribution in [3.05, 3.63) is 0 Å². The molecule has 0 aromatic rings. The summed E-state index contributed by atoms with van der Waals surface area (Å²) in [5.41, 5.74) is 0. The smallest absolute Gasteiger partial charge is 0.332 e. The second-order valence-electron chi connectivity index (χ2n) is 4.50. The number of aliphatic carboxylic acids is 1. The van der Waals surface area contributed by atoms with Crippen LogP contribution < -0.4 is 0 Å². The van der Waals surface area contributed by atoms with Crippen molar-refractivity contribution in [3.63, 3.8) is 0 Å². The van der Waals surface area contributed by atoms with Crippen LogP contribution in [-0.2, 0) is 14.3 Å². The summed E-state index contributed by atoms with van der Waals surface area (Å²) >= 11 is 1.85. The molecule has 0 aromatic carbocycles. The number of likely N-dealkylation sites (N-methyl/N-ethyl adjacent to an activating group) is 1. The third kappa shape index (κ3) is 2.74. The molecule has 0 saturated carbocycles. The number of hydrogen-bond donors (Lipinski definition) is 1. The molecule has 2 heterocycles. The van der Waals surface area contributed by atoms with E-state index in [2.05, 4.69) is 0 Å². The van der Waals surface area contributed by atoms with Gasteiger partial charge in [-0.25, -0.2) is 4.79 Å². The van der Waals surface area contributed by atoms with Gasteiger partial charge in [-0.05, 0) is 25.0 Å². The van der Waals surface area contributed by atoms with Crippen LogP contribution in [0, 0.1) is 0 Å². The lowest BCUT2D eigenvalue weighted by atomic mass is 10.1. The quantitative estimate of drug-likeness (QED) is 0.803. The molecule has 0 aromatic heterocycles. The molecule has 2 aliphatic rings. The summed E-state index contributed by atoms with van der Waals surface area (Å²) in [7, 11) is 1.79. The highest BCUT2D eigenvalue weighted by molar-refractivity contribution is 7.99. The van der Waals surface area contributed by atoms with Gasteiger partial charge in [-0.1, -0.05) is 0 Å². The van der Waals surface area contributed by atoms with Gasteiger partial charge >= 0.3 is 5.97 Å². The lowest BCUT2D eigenvalue weighted by Gasteiger charge is -2.26. The lowest BCUT2D eigenvalue weighted by Crippen LogP contribution is -2.43. The fraction of sp³-hybridized carbons (Fsp3) is 0.818. The third-order valence-electron chi connectivity index (χ3n) is 3.37. The van der Waals surface area contributed by atoms with Crippen molar-refractivity contribution in [2.24, 2.45) is 0 Å². The van der Waals surface area contributed by atoms with Crippen molar-refractivity contribution < 1.29 is 19.4 Å². The van der Waals surface area contributed by atoms with Gasteiger partial charge in [0.2, 0.25) is 0 Å². The Balaban J connectivity index is 1.89. The Kier molecular flexibility index (Phi) is 3.93. The monoisotopic (exact) mass is 259 g/mol. The normalized spacial score (nSPS) is 32.6. The molecule has 1 unspecified atom stereocenters. The van der Waals surface area contributed by atoms with E-state index in [4.69, 9.17) is 9.84 Å². The molecular formula is C11H17NO4S. The van der Waals surface area contributed by atoms with E-state index in [0.29, 0.717) is 12.8 Å². The first-order chi connectivity index (χ1) is 8.09. The molecule has 5 nitrogen and oxygen atoms in total. The van der Waals surface area contributed by atoms with Crippen LogP contribution in [0.15, 0.2) is 0 Å². The number of nitrogens with zero attached hydrogens (tertiary/aromatic N) is 1. The van der Waals surface area contributed by atoms with Crippen LogP contribution in [0.25, 0.3) is 0 Å². The number of rotatable bonds is 3. The van der Waals surface area contributed by atoms with E-state index in [1.54, 1.807) is 11.9 Å². The summed E-state index contributed by atoms with van der Waals surface area (Å²) in [6, 6.07) is 0.278. The minimum Gasteiger partial charge on any atom is -0.479 e. The van der Waals surface area contributed by atoms with Crippen LogP contribution in [0.2, 0.25) is 0 Å². The van der Waals surface area contributed by atoms with Crippen molar-refractivity contribution in [2.75, 3.05) is 18.6 Å². The van der Waals surface area contributed by atoms with Gasteiger partial charge in [-0.3, -0.25) is 4.79 Å². The van der Waals surface area contributed by atoms with Crippen molar-refractivity contribution in [2.45, 2.75) is 37.5 Å². The number of carbonyl (C=O) groups is 2. The van der Waals surface area contributed by atoms with Crippen molar-refractivity contribution >= 4 is 23.6 Å². The molecule has 0 bridgehead atoms. The molecular weight excluding hydrogens is 242 g/mol. The van der Waals surface area contributed by atoms with Crippen LogP contribution in [0.3, 0.4) is 0 Å². The SMILES string of the molecule is CN(C(=O)[C@@H]1CC[C@H](C(=O)O)O1)C1CCSC1. The van der Waals surface area contributed by atoms with Gasteiger partial charge in [-0.15, -0.1) is 0 Å². The van der Waals surface area contributed by atoms with Gasteiger partial charge in [0.1, 0.15) is 6.10 Å². The predicted molar refractivity (Wildman–Crippen MR) is 64.0 cm³/mol. The molecule has 1 amide bonds. The Bertz CT molecular complexity index is 317. The third-order valence-corrected chi connectivity index (χ3v) is 4.52. The summed E-state index contributed by atoms with van der Waals surface area (Å²) in [4.78, 5) is 24.6. The Hall–Kier alpha value is -0.750. The van der Waals surface area contributed by atoms with E-state index in [1.807, 2.05) is 11.8 Å². The Labute approximate surface area is 104 Å². The zero-order valence-electron chi connectivity index (χ0n) is 9.80. The maximum absolute atomic E-state index is 12.1. The average Bonchev–Trinajstić information content (AvgIpc) is 2.97. The highest BCUT2D eigenvalue weighted by Crippen LogP contribution is 2.25. The summed E-state index contributed by atoms with van der Waals surface area (Å²) in [6.45, 7) is 0. The van der Waals surface area contributed by atoms with Gasteiger partial charge in [0.05, 0.1) is 0 Å². The minimum absolute atomic E-state index is 0.0683. The fourth-order valence-corrected chi connectivity index (χ4v) is 3.50. The predicted octanol–water partition coefficient (Wildman–Crippen LogP) is 0.583. The van der Waals surface area contributed by atoms with Gasteiger partial charge in [0.15, 0.2) is 6.10 Å². The topological polar surface area (TPSA) is 66.8 Å². The maximum atomic E-state index is 12.1. The number of carboxylic acids is 1. The van der Waals surface area contributed by atoms with Crippen LogP contribution in [0.4, 0.5) is 0 Å². The molecule has 6 heteroatoms. The first-order valence-corrected chi connectivity index (χ1v) is 6.97. The van der Waals surface area contributed by atoms with Crippen LogP contribution >= 0.6 is 11.8 Å². The summed E-state index contributed by atoms with van der Waals surface area (Å²) < 4.78 is 5.27. The Morgan fingerprint density at radius 2 is 2.00 bits per heavy atom. The second kappa shape index (κ2) is 5.27. The van der Waals surface area contributed by atoms with Gasteiger partial charge in [-0.2, -0.15) is 11.8 Å². The largest absolute Gasteiger partial charge is 0.479 e. The van der Waals surface area contributed by atoms with E-state index in [1.165, 1.54) is 0 Å². The average molecular weight is 259 g/mol. The summed E-state index contributed by atoms with van der Waals surface area (Å²) in [6.07, 6.45) is 0.586. The lowest BCUT2D eigenvalue weighted by molar-refractivity contribution is -0.154. The van der Waals surface area contributed by atoms with E-state index in [0.717, 1.165) is 17.9 Å². The fourth-order valence-electron chi connectivity index (χ4n) is 2.24. The number of carboxylic acid groups (broad SMARTS) is 1. The highest BCUT2D eigenvalue weighted by Gasteiger charge is 2.37. The highest BCUT2D eigenvalue weighted by atomic mass is 32.2. The van der Waals surface area contributed by atoms with Crippen molar-refractivity contribution in [1.29, 1.82) is 0 Å². The van der Waals surface area contributed by atoms with Crippen LogP contribution in [-0.4, -0.2) is 58.7 Å². The molecule has 3 atom stereocenters. The summed E-state index contributed by atoms with van der Waals surface area (Å²) in [5, 5.41) is 8.81. The molecule has 0 spiro atoms. The first kappa shape index (κ1) is 12.7. The van der Waals surface area contributed by atoms with Crippen molar-refractivity contribution in [1.82, 2.24) is 4.90 Å². The number of carbonyl (C=O) groups excluding carboxylic acids is 1. The molecule has 1 N–H and O–H groups in total. The zero-order chi connectivity index (χ0) is 12.4. The van der Waals surface area contributed by atoms with Crippen molar-refractivity contribution in [3.8, 4) is 0 Å². The van der Waals surface area contributed by atoms with Gasteiger partial charge in [0, 0.05) is 18.8 Å². The number of hydrogen-bond acceptors (Lipinski definition) is 4. The summed E-state index contributed by atoms with van der Waals surface area (Å²) in [5.74, 6) is 1.02. The second-order valence-corrected chi connectivity index (χ2v) is 5.65. The Morgan fingerprint density at radius 1 is 1.29 bits per heavy atom. The standard InChI is InChI=1S/C11H17NO4S/c1-12(7-4-5-17-6-7)10(13)8-2-3-9(16-8)11(14)15/h7-9H,2-6H2,1H3,(H,14,15)/t7?,8-,9+/m0/s1. The Morgan fingerprint density at radius 3 is 2.53 bits per heavy atom. The molecule has 0 aliphatic carbocycles. The van der Waals surface area contributed by atoms with E-state index < -0.39 is 18.2 Å². The number of ether oxygens (including phenoxy) is 1. The zero-order valence-corrected chi connectivity index (χ0v) is 10.6. The van der Waals surface area contributed by atoms with Gasteiger partial charge in [0.25, 0.3) is 5.91 Å². The number of thioether (sulfide) groups is 1. The molecule has 2 saturated heterocycles. The first-order valence-electron chi connectivity index (χ1n) is 5.82. The molecule has 2 fully saturated rings. The minimum atomic E-state index is -0.973. The van der Waals surface area contributed by atoms with E-state index >= 15 is 0 Å². The molecule has 2 aliphatic heterocycles. The van der Waals surface area contributed by atoms with Crippen LogP contribution in [0.1, 0.15) is 19.3 Å². The maximum Gasteiger partial charge on any atom is 0.332 e.